The number of anilines is 1. The van der Waals surface area contributed by atoms with E-state index in [-0.39, 0.29) is 11.7 Å². The Labute approximate surface area is 159 Å². The number of rotatable bonds is 6. The molecule has 0 fully saturated rings. The molecule has 0 aliphatic heterocycles. The fraction of sp³-hybridized carbons (Fsp3) is 0.286. The zero-order valence-electron chi connectivity index (χ0n) is 15.9. The molecule has 1 heterocycles. The van der Waals surface area contributed by atoms with Crippen molar-refractivity contribution in [1.29, 1.82) is 0 Å². The fourth-order valence-corrected chi connectivity index (χ4v) is 2.97. The summed E-state index contributed by atoms with van der Waals surface area (Å²) < 4.78 is 1.74. The van der Waals surface area contributed by atoms with E-state index in [0.29, 0.717) is 18.3 Å². The first-order valence-corrected chi connectivity index (χ1v) is 9.11. The minimum Gasteiger partial charge on any atom is -0.399 e. The third-order valence-electron chi connectivity index (χ3n) is 4.44. The van der Waals surface area contributed by atoms with E-state index in [2.05, 4.69) is 35.3 Å². The van der Waals surface area contributed by atoms with Crippen molar-refractivity contribution < 1.29 is 4.79 Å². The van der Waals surface area contributed by atoms with Crippen LogP contribution in [0.15, 0.2) is 48.5 Å². The van der Waals surface area contributed by atoms with Gasteiger partial charge in [0.1, 0.15) is 5.82 Å². The van der Waals surface area contributed by atoms with Crippen molar-refractivity contribution in [3.05, 3.63) is 71.3 Å². The van der Waals surface area contributed by atoms with Crippen LogP contribution in [0.4, 0.5) is 5.69 Å². The second kappa shape index (κ2) is 8.03. The van der Waals surface area contributed by atoms with Crippen LogP contribution in [0, 0.1) is 6.92 Å². The topological polar surface area (TPSA) is 85.8 Å². The van der Waals surface area contributed by atoms with Gasteiger partial charge in [0.05, 0.1) is 5.69 Å². The van der Waals surface area contributed by atoms with Crippen LogP contribution in [0.1, 0.15) is 47.3 Å². The maximum atomic E-state index is 12.4. The molecule has 140 valence electrons. The summed E-state index contributed by atoms with van der Waals surface area (Å²) in [6.45, 7) is 6.64. The number of nitrogens with two attached hydrogens (primary N) is 1. The number of nitrogen functional groups attached to an aromatic ring is 1. The van der Waals surface area contributed by atoms with Crippen LogP contribution in [0.5, 0.6) is 0 Å². The molecule has 3 N–H and O–H groups in total. The number of nitrogens with zero attached hydrogens (tertiary/aromatic N) is 3. The first kappa shape index (κ1) is 18.6. The number of carbonyl (C=O) groups excluding carboxylic acids is 1. The summed E-state index contributed by atoms with van der Waals surface area (Å²) in [5.74, 6) is 0.950. The number of para-hydroxylation sites is 1. The lowest BCUT2D eigenvalue weighted by molar-refractivity contribution is 0.0944. The summed E-state index contributed by atoms with van der Waals surface area (Å²) >= 11 is 0. The number of hydrogen-bond acceptors (Lipinski definition) is 4. The molecule has 27 heavy (non-hydrogen) atoms. The van der Waals surface area contributed by atoms with Gasteiger partial charge in [-0.05, 0) is 48.6 Å². The van der Waals surface area contributed by atoms with E-state index >= 15 is 0 Å². The molecule has 0 spiro atoms. The standard InChI is InChI=1S/C21H25N5O/c1-14(2)18-6-4-5-7-19(18)26-15(3)24-20(25-26)21(27)23-13-12-16-8-10-17(22)11-9-16/h4-11,14H,12-13,22H2,1-3H3,(H,23,27). The number of hydrogen-bond donors (Lipinski definition) is 2. The van der Waals surface area contributed by atoms with Gasteiger partial charge in [-0.3, -0.25) is 4.79 Å². The van der Waals surface area contributed by atoms with Crippen molar-refractivity contribution >= 4 is 11.6 Å². The van der Waals surface area contributed by atoms with Crippen LogP contribution in [-0.4, -0.2) is 27.2 Å². The van der Waals surface area contributed by atoms with Crippen molar-refractivity contribution in [2.24, 2.45) is 0 Å². The molecule has 3 rings (SSSR count). The maximum Gasteiger partial charge on any atom is 0.290 e. The Bertz CT molecular complexity index is 928. The van der Waals surface area contributed by atoms with Crippen molar-refractivity contribution in [2.45, 2.75) is 33.1 Å². The van der Waals surface area contributed by atoms with Gasteiger partial charge in [0.15, 0.2) is 0 Å². The van der Waals surface area contributed by atoms with Gasteiger partial charge >= 0.3 is 0 Å². The van der Waals surface area contributed by atoms with E-state index in [0.717, 1.165) is 23.4 Å². The highest BCUT2D eigenvalue weighted by atomic mass is 16.2. The highest BCUT2D eigenvalue weighted by molar-refractivity contribution is 5.90. The average molecular weight is 363 g/mol. The van der Waals surface area contributed by atoms with Crippen LogP contribution >= 0.6 is 0 Å². The monoisotopic (exact) mass is 363 g/mol. The molecule has 0 aliphatic carbocycles. The van der Waals surface area contributed by atoms with Crippen molar-refractivity contribution in [3.63, 3.8) is 0 Å². The molecule has 0 bridgehead atoms. The molecule has 3 aromatic rings. The van der Waals surface area contributed by atoms with E-state index < -0.39 is 0 Å². The van der Waals surface area contributed by atoms with Gasteiger partial charge in [0, 0.05) is 12.2 Å². The maximum absolute atomic E-state index is 12.4. The van der Waals surface area contributed by atoms with Gasteiger partial charge in [0.2, 0.25) is 5.82 Å². The zero-order valence-corrected chi connectivity index (χ0v) is 15.9. The number of amides is 1. The summed E-state index contributed by atoms with van der Waals surface area (Å²) in [5.41, 5.74) is 9.66. The molecule has 0 atom stereocenters. The molecule has 6 nitrogen and oxygen atoms in total. The Morgan fingerprint density at radius 1 is 1.15 bits per heavy atom. The van der Waals surface area contributed by atoms with E-state index in [9.17, 15) is 4.79 Å². The number of nitrogens with one attached hydrogen (secondary N) is 1. The Morgan fingerprint density at radius 3 is 2.56 bits per heavy atom. The Morgan fingerprint density at radius 2 is 1.85 bits per heavy atom. The molecule has 0 aliphatic rings. The smallest absolute Gasteiger partial charge is 0.290 e. The van der Waals surface area contributed by atoms with Crippen LogP contribution in [-0.2, 0) is 6.42 Å². The highest BCUT2D eigenvalue weighted by Crippen LogP contribution is 2.23. The predicted molar refractivity (Wildman–Crippen MR) is 107 cm³/mol. The minimum atomic E-state index is -0.269. The molecular weight excluding hydrogens is 338 g/mol. The molecule has 0 radical (unpaired) electrons. The summed E-state index contributed by atoms with van der Waals surface area (Å²) in [7, 11) is 0. The van der Waals surface area contributed by atoms with E-state index in [1.165, 1.54) is 5.56 Å². The van der Waals surface area contributed by atoms with Gasteiger partial charge in [0.25, 0.3) is 5.91 Å². The second-order valence-electron chi connectivity index (χ2n) is 6.86. The Balaban J connectivity index is 1.70. The predicted octanol–water partition coefficient (Wildman–Crippen LogP) is 3.25. The lowest BCUT2D eigenvalue weighted by atomic mass is 10.0. The van der Waals surface area contributed by atoms with Crippen molar-refractivity contribution in [2.75, 3.05) is 12.3 Å². The Kier molecular flexibility index (Phi) is 5.54. The summed E-state index contributed by atoms with van der Waals surface area (Å²) in [6, 6.07) is 15.7. The first-order valence-electron chi connectivity index (χ1n) is 9.11. The molecular formula is C21H25N5O. The number of carbonyl (C=O) groups is 1. The molecule has 0 saturated carbocycles. The van der Waals surface area contributed by atoms with Crippen LogP contribution in [0.2, 0.25) is 0 Å². The van der Waals surface area contributed by atoms with Crippen LogP contribution in [0.3, 0.4) is 0 Å². The normalized spacial score (nSPS) is 11.0. The average Bonchev–Trinajstić information content (AvgIpc) is 3.05. The lowest BCUT2D eigenvalue weighted by Crippen LogP contribution is -2.27. The van der Waals surface area contributed by atoms with Gasteiger partial charge in [-0.25, -0.2) is 9.67 Å². The first-order chi connectivity index (χ1) is 13.0. The van der Waals surface area contributed by atoms with Gasteiger partial charge < -0.3 is 11.1 Å². The molecule has 6 heteroatoms. The number of aryl methyl sites for hydroxylation is 1. The SMILES string of the molecule is Cc1nc(C(=O)NCCc2ccc(N)cc2)nn1-c1ccccc1C(C)C. The van der Waals surface area contributed by atoms with Gasteiger partial charge in [-0.15, -0.1) is 5.10 Å². The van der Waals surface area contributed by atoms with Crippen LogP contribution < -0.4 is 11.1 Å². The van der Waals surface area contributed by atoms with Crippen molar-refractivity contribution in [3.8, 4) is 5.69 Å². The molecule has 1 aromatic heterocycles. The minimum absolute atomic E-state index is 0.184. The summed E-state index contributed by atoms with van der Waals surface area (Å²) in [4.78, 5) is 16.8. The zero-order chi connectivity index (χ0) is 19.4. The molecule has 0 unspecified atom stereocenters. The Hall–Kier alpha value is -3.15. The van der Waals surface area contributed by atoms with E-state index in [1.807, 2.05) is 49.4 Å². The summed E-state index contributed by atoms with van der Waals surface area (Å²) in [6.07, 6.45) is 0.724. The quantitative estimate of drug-likeness (QED) is 0.658. The fourth-order valence-electron chi connectivity index (χ4n) is 2.97. The third-order valence-corrected chi connectivity index (χ3v) is 4.44. The lowest BCUT2D eigenvalue weighted by Gasteiger charge is -2.12. The second-order valence-corrected chi connectivity index (χ2v) is 6.86. The van der Waals surface area contributed by atoms with E-state index in [4.69, 9.17) is 5.73 Å². The molecule has 0 saturated heterocycles. The number of aromatic nitrogens is 3. The molecule has 1 amide bonds. The van der Waals surface area contributed by atoms with Crippen LogP contribution in [0.25, 0.3) is 5.69 Å². The van der Waals surface area contributed by atoms with E-state index in [1.54, 1.807) is 4.68 Å². The number of benzene rings is 2. The largest absolute Gasteiger partial charge is 0.399 e. The van der Waals surface area contributed by atoms with Gasteiger partial charge in [-0.1, -0.05) is 44.2 Å². The third kappa shape index (κ3) is 4.34. The highest BCUT2D eigenvalue weighted by Gasteiger charge is 2.17. The molecule has 2 aromatic carbocycles. The van der Waals surface area contributed by atoms with Gasteiger partial charge in [-0.2, -0.15) is 0 Å². The summed E-state index contributed by atoms with van der Waals surface area (Å²) in [5, 5.41) is 7.32. The van der Waals surface area contributed by atoms with Crippen molar-refractivity contribution in [1.82, 2.24) is 20.1 Å².